The lowest BCUT2D eigenvalue weighted by atomic mass is 9.53. The minimum atomic E-state index is -5.07. The Kier molecular flexibility index (Phi) is 6.25. The van der Waals surface area contributed by atoms with Gasteiger partial charge in [-0.15, -0.1) is 0 Å². The molecule has 0 heterocycles. The first-order valence-electron chi connectivity index (χ1n) is 9.61. The van der Waals surface area contributed by atoms with E-state index in [1.807, 2.05) is 0 Å². The maximum Gasteiger partial charge on any atom is 0.481 e. The minimum absolute atomic E-state index is 0.226. The van der Waals surface area contributed by atoms with Crippen LogP contribution in [0.4, 0.5) is 0 Å². The number of hydrogen-bond acceptors (Lipinski definition) is 4. The van der Waals surface area contributed by atoms with Crippen molar-refractivity contribution in [3.8, 4) is 0 Å². The molecule has 0 bridgehead atoms. The SMILES string of the molecule is CC1(C)CCCC2[C@@H]3CC/C(=C/COP(=O)(O)OP(=O)(O)O)C=C3CC[C@@H]21. The van der Waals surface area contributed by atoms with Crippen molar-refractivity contribution < 1.29 is 32.6 Å². The summed E-state index contributed by atoms with van der Waals surface area (Å²) >= 11 is 0. The Bertz CT molecular complexity index is 721. The summed E-state index contributed by atoms with van der Waals surface area (Å²) in [6.07, 6.45) is 12.1. The average molecular weight is 420 g/mol. The predicted molar refractivity (Wildman–Crippen MR) is 102 cm³/mol. The summed E-state index contributed by atoms with van der Waals surface area (Å²) in [6.45, 7) is 4.60. The van der Waals surface area contributed by atoms with Crippen molar-refractivity contribution in [3.05, 3.63) is 23.3 Å². The third-order valence-electron chi connectivity index (χ3n) is 6.52. The maximum atomic E-state index is 11.5. The van der Waals surface area contributed by atoms with Crippen LogP contribution in [0.15, 0.2) is 23.3 Å². The Morgan fingerprint density at radius 1 is 1.19 bits per heavy atom. The van der Waals surface area contributed by atoms with Crippen molar-refractivity contribution in [1.29, 1.82) is 0 Å². The Labute approximate surface area is 160 Å². The van der Waals surface area contributed by atoms with Crippen LogP contribution in [-0.4, -0.2) is 21.3 Å². The first-order valence-corrected chi connectivity index (χ1v) is 12.6. The fourth-order valence-corrected chi connectivity index (χ4v) is 6.92. The Hall–Kier alpha value is -0.260. The van der Waals surface area contributed by atoms with Crippen molar-refractivity contribution in [1.82, 2.24) is 0 Å². The number of phosphoric ester groups is 1. The zero-order chi connectivity index (χ0) is 19.9. The summed E-state index contributed by atoms with van der Waals surface area (Å²) < 4.78 is 30.6. The van der Waals surface area contributed by atoms with Gasteiger partial charge in [-0.3, -0.25) is 4.52 Å². The van der Waals surface area contributed by atoms with Gasteiger partial charge in [0.1, 0.15) is 0 Å². The van der Waals surface area contributed by atoms with E-state index in [1.54, 1.807) is 6.08 Å². The van der Waals surface area contributed by atoms with Crippen molar-refractivity contribution in [3.63, 3.8) is 0 Å². The monoisotopic (exact) mass is 420 g/mol. The van der Waals surface area contributed by atoms with Crippen LogP contribution in [0.5, 0.6) is 0 Å². The third-order valence-corrected chi connectivity index (χ3v) is 8.68. The standard InChI is InChI=1S/C18H30O7P2/c1-18(2)10-3-4-16-15-7-5-13(12-14(15)6-8-17(16)18)9-11-24-27(22,23)25-26(19,20)21/h9,12,15-17H,3-8,10-11H2,1-2H3,(H,22,23)(H2,19,20,21)/b13-9-/t15-,16?,17+/m1/s1. The van der Waals surface area contributed by atoms with Crippen LogP contribution in [0.25, 0.3) is 0 Å². The van der Waals surface area contributed by atoms with E-state index in [9.17, 15) is 14.0 Å². The van der Waals surface area contributed by atoms with Crippen LogP contribution in [0, 0.1) is 23.2 Å². The molecule has 154 valence electrons. The van der Waals surface area contributed by atoms with Gasteiger partial charge in [-0.2, -0.15) is 4.31 Å². The van der Waals surface area contributed by atoms with Gasteiger partial charge in [-0.25, -0.2) is 9.13 Å². The molecule has 2 saturated carbocycles. The Morgan fingerprint density at radius 3 is 2.63 bits per heavy atom. The van der Waals surface area contributed by atoms with E-state index in [0.717, 1.165) is 36.7 Å². The van der Waals surface area contributed by atoms with Crippen molar-refractivity contribution in [2.75, 3.05) is 6.61 Å². The highest BCUT2D eigenvalue weighted by Crippen LogP contribution is 2.58. The first kappa shape index (κ1) is 21.4. The van der Waals surface area contributed by atoms with Gasteiger partial charge in [0, 0.05) is 0 Å². The second kappa shape index (κ2) is 7.87. The van der Waals surface area contributed by atoms with Crippen LogP contribution < -0.4 is 0 Å². The van der Waals surface area contributed by atoms with Crippen molar-refractivity contribution in [2.45, 2.75) is 58.8 Å². The van der Waals surface area contributed by atoms with Gasteiger partial charge in [0.15, 0.2) is 0 Å². The molecule has 7 nitrogen and oxygen atoms in total. The highest BCUT2D eigenvalue weighted by molar-refractivity contribution is 7.60. The van der Waals surface area contributed by atoms with Crippen LogP contribution in [0.2, 0.25) is 0 Å². The molecule has 0 aliphatic heterocycles. The Morgan fingerprint density at radius 2 is 1.93 bits per heavy atom. The second-order valence-corrected chi connectivity index (χ2v) is 11.5. The largest absolute Gasteiger partial charge is 0.481 e. The molecule has 9 heteroatoms. The summed E-state index contributed by atoms with van der Waals surface area (Å²) in [6, 6.07) is 0. The highest BCUT2D eigenvalue weighted by atomic mass is 31.3. The van der Waals surface area contributed by atoms with Crippen LogP contribution >= 0.6 is 15.6 Å². The molecule has 0 radical (unpaired) electrons. The zero-order valence-corrected chi connectivity index (χ0v) is 17.7. The lowest BCUT2D eigenvalue weighted by molar-refractivity contribution is 0.0214. The fourth-order valence-electron chi connectivity index (χ4n) is 5.40. The van der Waals surface area contributed by atoms with E-state index < -0.39 is 15.6 Å². The molecule has 0 spiro atoms. The number of fused-ring (bicyclic) bond motifs is 3. The predicted octanol–water partition coefficient (Wildman–Crippen LogP) is 4.71. The normalized spacial score (nSPS) is 34.3. The lowest BCUT2D eigenvalue weighted by Crippen LogP contribution is -2.42. The summed E-state index contributed by atoms with van der Waals surface area (Å²) in [5, 5.41) is 0. The van der Waals surface area contributed by atoms with E-state index >= 15 is 0 Å². The molecule has 0 aromatic carbocycles. The zero-order valence-electron chi connectivity index (χ0n) is 15.9. The number of phosphoric acid groups is 2. The summed E-state index contributed by atoms with van der Waals surface area (Å²) in [5.74, 6) is 2.21. The quantitative estimate of drug-likeness (QED) is 0.552. The molecule has 3 rings (SSSR count). The van der Waals surface area contributed by atoms with Gasteiger partial charge in [0.2, 0.25) is 0 Å². The third kappa shape index (κ3) is 5.42. The molecular weight excluding hydrogens is 390 g/mol. The van der Waals surface area contributed by atoms with Crippen LogP contribution in [0.3, 0.4) is 0 Å². The molecule has 4 atom stereocenters. The lowest BCUT2D eigenvalue weighted by Gasteiger charge is -2.52. The van der Waals surface area contributed by atoms with Gasteiger partial charge in [0.05, 0.1) is 6.61 Å². The van der Waals surface area contributed by atoms with Gasteiger partial charge in [-0.05, 0) is 67.3 Å². The van der Waals surface area contributed by atoms with E-state index in [-0.39, 0.29) is 6.61 Å². The van der Waals surface area contributed by atoms with Crippen molar-refractivity contribution in [2.24, 2.45) is 23.2 Å². The summed E-state index contributed by atoms with van der Waals surface area (Å²) in [5.41, 5.74) is 2.95. The number of rotatable bonds is 5. The molecule has 0 aromatic heterocycles. The molecule has 27 heavy (non-hydrogen) atoms. The number of allylic oxidation sites excluding steroid dienone is 3. The highest BCUT2D eigenvalue weighted by Gasteiger charge is 2.45. The smallest absolute Gasteiger partial charge is 0.302 e. The van der Waals surface area contributed by atoms with E-state index in [1.165, 1.54) is 31.3 Å². The van der Waals surface area contributed by atoms with Gasteiger partial charge in [-0.1, -0.05) is 38.0 Å². The fraction of sp³-hybridized carbons (Fsp3) is 0.778. The van der Waals surface area contributed by atoms with Crippen molar-refractivity contribution >= 4 is 15.6 Å². The van der Waals surface area contributed by atoms with Gasteiger partial charge in [0.25, 0.3) is 0 Å². The molecule has 0 aromatic rings. The van der Waals surface area contributed by atoms with Gasteiger partial charge < -0.3 is 14.7 Å². The second-order valence-electron chi connectivity index (χ2n) is 8.67. The topological polar surface area (TPSA) is 113 Å². The van der Waals surface area contributed by atoms with E-state index in [4.69, 9.17) is 9.79 Å². The minimum Gasteiger partial charge on any atom is -0.302 e. The van der Waals surface area contributed by atoms with Crippen LogP contribution in [-0.2, 0) is 18.0 Å². The molecule has 0 amide bonds. The average Bonchev–Trinajstić information content (AvgIpc) is 2.51. The molecular formula is C18H30O7P2. The van der Waals surface area contributed by atoms with Gasteiger partial charge >= 0.3 is 15.6 Å². The molecule has 3 aliphatic carbocycles. The molecule has 2 fully saturated rings. The Balaban J connectivity index is 1.63. The molecule has 2 unspecified atom stereocenters. The maximum absolute atomic E-state index is 11.5. The van der Waals surface area contributed by atoms with Crippen LogP contribution in [0.1, 0.15) is 58.8 Å². The molecule has 3 N–H and O–H groups in total. The summed E-state index contributed by atoms with van der Waals surface area (Å²) in [4.78, 5) is 26.5. The first-order chi connectivity index (χ1) is 12.5. The molecule has 3 aliphatic rings. The van der Waals surface area contributed by atoms with E-state index in [2.05, 4.69) is 28.8 Å². The summed E-state index contributed by atoms with van der Waals surface area (Å²) in [7, 11) is -9.85. The molecule has 0 saturated heterocycles. The number of hydrogen-bond donors (Lipinski definition) is 3. The van der Waals surface area contributed by atoms with E-state index in [0.29, 0.717) is 11.3 Å².